The highest BCUT2D eigenvalue weighted by Gasteiger charge is 2.20. The van der Waals surface area contributed by atoms with Crippen LogP contribution in [0.3, 0.4) is 0 Å². The van der Waals surface area contributed by atoms with Gasteiger partial charge in [0.2, 0.25) is 0 Å². The molecular weight excluding hydrogens is 330 g/mol. The van der Waals surface area contributed by atoms with Crippen molar-refractivity contribution in [2.45, 2.75) is 6.92 Å². The van der Waals surface area contributed by atoms with Crippen molar-refractivity contribution in [2.24, 2.45) is 7.05 Å². The molecule has 0 saturated carbocycles. The van der Waals surface area contributed by atoms with Crippen molar-refractivity contribution in [1.82, 2.24) is 4.57 Å². The summed E-state index contributed by atoms with van der Waals surface area (Å²) in [5, 5.41) is 10.9. The van der Waals surface area contributed by atoms with Crippen molar-refractivity contribution in [3.05, 3.63) is 76.6 Å². The van der Waals surface area contributed by atoms with E-state index in [-0.39, 0.29) is 11.3 Å². The lowest BCUT2D eigenvalue weighted by Gasteiger charge is -2.10. The maximum atomic E-state index is 12.9. The minimum atomic E-state index is -0.184. The third-order valence-corrected chi connectivity index (χ3v) is 5.70. The summed E-state index contributed by atoms with van der Waals surface area (Å²) < 4.78 is 2.36. The summed E-state index contributed by atoms with van der Waals surface area (Å²) in [6.45, 7) is 1.95. The number of nitrogens with zero attached hydrogens (tertiary/aromatic N) is 1. The molecule has 4 rings (SSSR count). The van der Waals surface area contributed by atoms with E-state index < -0.39 is 0 Å². The first-order valence-corrected chi connectivity index (χ1v) is 8.86. The topological polar surface area (TPSA) is 42.2 Å². The van der Waals surface area contributed by atoms with Crippen LogP contribution in [0.5, 0.6) is 5.75 Å². The third kappa shape index (κ3) is 2.46. The van der Waals surface area contributed by atoms with Gasteiger partial charge in [0.05, 0.1) is 15.8 Å². The zero-order chi connectivity index (χ0) is 17.6. The van der Waals surface area contributed by atoms with E-state index in [4.69, 9.17) is 0 Å². The van der Waals surface area contributed by atoms with Crippen LogP contribution in [0.2, 0.25) is 0 Å². The SMILES string of the molecule is Cc1ccccc1-c1c(O)c2sc(-c3ccccc3)cc2n(C)c1=O. The van der Waals surface area contributed by atoms with Crippen LogP contribution >= 0.6 is 11.3 Å². The van der Waals surface area contributed by atoms with Gasteiger partial charge in [0.15, 0.2) is 0 Å². The summed E-state index contributed by atoms with van der Waals surface area (Å²) in [5.74, 6) is 0.0691. The van der Waals surface area contributed by atoms with E-state index in [2.05, 4.69) is 0 Å². The van der Waals surface area contributed by atoms with Crippen LogP contribution in [0.4, 0.5) is 0 Å². The molecule has 0 amide bonds. The lowest BCUT2D eigenvalue weighted by molar-refractivity contribution is 0.482. The van der Waals surface area contributed by atoms with Gasteiger partial charge in [-0.25, -0.2) is 0 Å². The normalized spacial score (nSPS) is 11.1. The molecule has 3 nitrogen and oxygen atoms in total. The van der Waals surface area contributed by atoms with Crippen LogP contribution in [-0.4, -0.2) is 9.67 Å². The van der Waals surface area contributed by atoms with Gasteiger partial charge >= 0.3 is 0 Å². The van der Waals surface area contributed by atoms with Gasteiger partial charge in [-0.05, 0) is 29.7 Å². The van der Waals surface area contributed by atoms with E-state index >= 15 is 0 Å². The molecule has 0 spiro atoms. The van der Waals surface area contributed by atoms with Gasteiger partial charge in [-0.15, -0.1) is 11.3 Å². The predicted octanol–water partition coefficient (Wildman–Crippen LogP) is 4.95. The highest BCUT2D eigenvalue weighted by atomic mass is 32.1. The number of thiophene rings is 1. The number of fused-ring (bicyclic) bond motifs is 1. The van der Waals surface area contributed by atoms with Crippen molar-refractivity contribution >= 4 is 21.6 Å². The molecule has 1 N–H and O–H groups in total. The molecule has 0 aliphatic carbocycles. The molecule has 0 aliphatic heterocycles. The number of pyridine rings is 1. The maximum absolute atomic E-state index is 12.9. The van der Waals surface area contributed by atoms with Gasteiger partial charge in [-0.3, -0.25) is 4.79 Å². The zero-order valence-electron chi connectivity index (χ0n) is 14.0. The van der Waals surface area contributed by atoms with E-state index in [0.717, 1.165) is 31.8 Å². The largest absolute Gasteiger partial charge is 0.506 e. The van der Waals surface area contributed by atoms with Crippen molar-refractivity contribution in [2.75, 3.05) is 0 Å². The Kier molecular flexibility index (Phi) is 3.70. The highest BCUT2D eigenvalue weighted by Crippen LogP contribution is 2.41. The van der Waals surface area contributed by atoms with Gasteiger partial charge < -0.3 is 9.67 Å². The minimum Gasteiger partial charge on any atom is -0.506 e. The second kappa shape index (κ2) is 5.90. The Morgan fingerprint density at radius 1 is 1.00 bits per heavy atom. The molecule has 4 heteroatoms. The standard InChI is InChI=1S/C21H17NO2S/c1-13-8-6-7-11-15(13)18-19(23)20-16(22(2)21(18)24)12-17(25-20)14-9-4-3-5-10-14/h3-12,23H,1-2H3. The maximum Gasteiger partial charge on any atom is 0.262 e. The number of rotatable bonds is 2. The second-order valence-corrected chi connectivity index (χ2v) is 7.15. The summed E-state index contributed by atoms with van der Waals surface area (Å²) in [4.78, 5) is 13.9. The number of benzene rings is 2. The van der Waals surface area contributed by atoms with E-state index in [1.165, 1.54) is 11.3 Å². The molecule has 2 heterocycles. The molecule has 0 fully saturated rings. The van der Waals surface area contributed by atoms with Gasteiger partial charge in [0, 0.05) is 11.9 Å². The quantitative estimate of drug-likeness (QED) is 0.557. The molecular formula is C21H17NO2S. The lowest BCUT2D eigenvalue weighted by atomic mass is 10.0. The number of aromatic nitrogens is 1. The number of hydrogen-bond acceptors (Lipinski definition) is 3. The molecule has 0 atom stereocenters. The fourth-order valence-electron chi connectivity index (χ4n) is 3.13. The number of aromatic hydroxyl groups is 1. The Morgan fingerprint density at radius 3 is 2.40 bits per heavy atom. The van der Waals surface area contributed by atoms with Crippen LogP contribution in [0.1, 0.15) is 5.56 Å². The monoisotopic (exact) mass is 347 g/mol. The van der Waals surface area contributed by atoms with Gasteiger partial charge in [0.25, 0.3) is 5.56 Å². The first kappa shape index (κ1) is 15.7. The molecule has 0 radical (unpaired) electrons. The Labute approximate surface area is 149 Å². The van der Waals surface area contributed by atoms with E-state index in [9.17, 15) is 9.90 Å². The Balaban J connectivity index is 2.05. The van der Waals surface area contributed by atoms with Crippen molar-refractivity contribution in [1.29, 1.82) is 0 Å². The molecule has 0 unspecified atom stereocenters. The molecule has 124 valence electrons. The second-order valence-electron chi connectivity index (χ2n) is 6.09. The molecule has 25 heavy (non-hydrogen) atoms. The van der Waals surface area contributed by atoms with Gasteiger partial charge in [-0.1, -0.05) is 54.6 Å². The van der Waals surface area contributed by atoms with E-state index in [1.54, 1.807) is 11.6 Å². The molecule has 0 saturated heterocycles. The van der Waals surface area contributed by atoms with E-state index in [1.807, 2.05) is 67.6 Å². The zero-order valence-corrected chi connectivity index (χ0v) is 14.8. The number of hydrogen-bond donors (Lipinski definition) is 1. The van der Waals surface area contributed by atoms with Crippen LogP contribution in [0.15, 0.2) is 65.5 Å². The summed E-state index contributed by atoms with van der Waals surface area (Å²) in [7, 11) is 1.76. The smallest absolute Gasteiger partial charge is 0.262 e. The summed E-state index contributed by atoms with van der Waals surface area (Å²) >= 11 is 1.50. The Bertz CT molecular complexity index is 1140. The van der Waals surface area contributed by atoms with Crippen LogP contribution in [0, 0.1) is 6.92 Å². The average Bonchev–Trinajstić information content (AvgIpc) is 3.08. The Hall–Kier alpha value is -2.85. The molecule has 0 bridgehead atoms. The Morgan fingerprint density at radius 2 is 1.68 bits per heavy atom. The van der Waals surface area contributed by atoms with Crippen molar-refractivity contribution < 1.29 is 5.11 Å². The minimum absolute atomic E-state index is 0.0691. The number of aryl methyl sites for hydroxylation is 2. The molecule has 0 aliphatic rings. The highest BCUT2D eigenvalue weighted by molar-refractivity contribution is 7.22. The molecule has 4 aromatic rings. The summed E-state index contributed by atoms with van der Waals surface area (Å²) in [6.07, 6.45) is 0. The van der Waals surface area contributed by atoms with Crippen molar-refractivity contribution in [3.63, 3.8) is 0 Å². The summed E-state index contributed by atoms with van der Waals surface area (Å²) in [6, 6.07) is 19.6. The first-order chi connectivity index (χ1) is 12.1. The fraction of sp³-hybridized carbons (Fsp3) is 0.0952. The predicted molar refractivity (Wildman–Crippen MR) is 104 cm³/mol. The van der Waals surface area contributed by atoms with E-state index in [0.29, 0.717) is 5.56 Å². The average molecular weight is 347 g/mol. The van der Waals surface area contributed by atoms with Gasteiger partial charge in [-0.2, -0.15) is 0 Å². The van der Waals surface area contributed by atoms with Gasteiger partial charge in [0.1, 0.15) is 5.75 Å². The first-order valence-electron chi connectivity index (χ1n) is 8.05. The molecule has 2 aromatic heterocycles. The summed E-state index contributed by atoms with van der Waals surface area (Å²) in [5.41, 5.74) is 3.76. The van der Waals surface area contributed by atoms with Crippen LogP contribution in [0.25, 0.3) is 31.8 Å². The van der Waals surface area contributed by atoms with Crippen LogP contribution in [-0.2, 0) is 7.05 Å². The van der Waals surface area contributed by atoms with Crippen molar-refractivity contribution in [3.8, 4) is 27.3 Å². The molecule has 2 aromatic carbocycles. The fourth-order valence-corrected chi connectivity index (χ4v) is 4.28. The lowest BCUT2D eigenvalue weighted by Crippen LogP contribution is -2.18. The van der Waals surface area contributed by atoms with Crippen LogP contribution < -0.4 is 5.56 Å². The third-order valence-electron chi connectivity index (χ3n) is 4.52.